The van der Waals surface area contributed by atoms with Gasteiger partial charge in [0.2, 0.25) is 0 Å². The molecule has 0 N–H and O–H groups in total. The second-order valence-corrected chi connectivity index (χ2v) is 14.4. The average molecular weight is 1000 g/mol. The Morgan fingerprint density at radius 1 is 0.552 bits per heavy atom. The van der Waals surface area contributed by atoms with E-state index in [-0.39, 0.29) is 79.6 Å². The molecule has 307 valence electrons. The van der Waals surface area contributed by atoms with Crippen molar-refractivity contribution in [3.05, 3.63) is 209 Å². The van der Waals surface area contributed by atoms with E-state index in [9.17, 15) is 0 Å². The average Bonchev–Trinajstić information content (AvgIpc) is 3.63. The van der Waals surface area contributed by atoms with Crippen molar-refractivity contribution in [2.24, 2.45) is 0 Å². The zero-order valence-electron chi connectivity index (χ0n) is 35.0. The summed E-state index contributed by atoms with van der Waals surface area (Å²) in [5.41, 5.74) is 15.7. The van der Waals surface area contributed by atoms with Gasteiger partial charge in [0.05, 0.1) is 0 Å². The fraction of sp³-hybridized carbons (Fsp3) is 0.255. The molecule has 3 aliphatic rings. The molecule has 3 heterocycles. The Bertz CT molecular complexity index is 2030. The van der Waals surface area contributed by atoms with Crippen molar-refractivity contribution in [1.82, 2.24) is 4.90 Å². The van der Waals surface area contributed by atoms with Crippen molar-refractivity contribution >= 4 is 28.4 Å². The Hall–Kier alpha value is -3.03. The van der Waals surface area contributed by atoms with Gasteiger partial charge in [-0.2, -0.15) is 19.5 Å². The van der Waals surface area contributed by atoms with Gasteiger partial charge < -0.3 is 27.4 Å². The number of nitrogens with zero attached hydrogens (tertiary/aromatic N) is 5. The van der Waals surface area contributed by atoms with Gasteiger partial charge in [0.15, 0.2) is 0 Å². The summed E-state index contributed by atoms with van der Waals surface area (Å²) in [7, 11) is 10.0. The molecule has 0 atom stereocenters. The molecule has 58 heavy (non-hydrogen) atoms. The fourth-order valence-electron chi connectivity index (χ4n) is 7.40. The van der Waals surface area contributed by atoms with E-state index in [1.54, 1.807) is 7.05 Å². The number of aryl methyl sites for hydroxylation is 2. The molecular weight excluding hydrogens is 945 g/mol. The van der Waals surface area contributed by atoms with Gasteiger partial charge >= 0.3 is 46.9 Å². The van der Waals surface area contributed by atoms with Gasteiger partial charge in [-0.3, -0.25) is 10.6 Å². The topological polar surface area (TPSA) is 37.9 Å². The SMILES string of the molecule is CN1CCCc2ccccc21.CN1Cc2ccccc2C1.CN1c2ccccc2Cc2ccccc21.[CH2-]CCc1ccccc1[N-]C.[CH2-]c1ccccc1[N-]C.[Y].[Yb+2]. The van der Waals surface area contributed by atoms with Crippen molar-refractivity contribution in [2.45, 2.75) is 45.2 Å². The molecule has 0 bridgehead atoms. The molecule has 5 nitrogen and oxygen atoms in total. The van der Waals surface area contributed by atoms with E-state index < -0.39 is 0 Å². The molecule has 6 aromatic rings. The number of fused-ring (bicyclic) bond motifs is 4. The van der Waals surface area contributed by atoms with Crippen LogP contribution >= 0.6 is 0 Å². The Morgan fingerprint density at radius 2 is 1.00 bits per heavy atom. The summed E-state index contributed by atoms with van der Waals surface area (Å²) in [6.45, 7) is 11.1. The molecule has 0 spiro atoms. The molecule has 0 amide bonds. The first-order valence-electron chi connectivity index (χ1n) is 19.7. The number of para-hydroxylation sites is 5. The van der Waals surface area contributed by atoms with Gasteiger partial charge in [-0.05, 0) is 65.9 Å². The number of rotatable bonds is 4. The summed E-state index contributed by atoms with van der Waals surface area (Å²) in [6.07, 6.45) is 5.56. The second kappa shape index (κ2) is 26.2. The van der Waals surface area contributed by atoms with Crippen LogP contribution in [0.2, 0.25) is 0 Å². The minimum atomic E-state index is 0. The van der Waals surface area contributed by atoms with Crippen LogP contribution in [0.5, 0.6) is 0 Å². The van der Waals surface area contributed by atoms with E-state index in [1.807, 2.05) is 49.5 Å². The number of hydrogen-bond donors (Lipinski definition) is 0. The molecule has 7 heteroatoms. The first-order valence-corrected chi connectivity index (χ1v) is 19.7. The smallest absolute Gasteiger partial charge is 0.745 e. The Labute approximate surface area is 414 Å². The van der Waals surface area contributed by atoms with E-state index in [4.69, 9.17) is 0 Å². The summed E-state index contributed by atoms with van der Waals surface area (Å²) in [5, 5.41) is 8.17. The summed E-state index contributed by atoms with van der Waals surface area (Å²) in [5.74, 6) is 0. The van der Waals surface area contributed by atoms with Crippen molar-refractivity contribution in [3.8, 4) is 0 Å². The van der Waals surface area contributed by atoms with Gasteiger partial charge in [0, 0.05) is 89.9 Å². The van der Waals surface area contributed by atoms with Crippen molar-refractivity contribution in [3.63, 3.8) is 0 Å². The van der Waals surface area contributed by atoms with E-state index >= 15 is 0 Å². The largest absolute Gasteiger partial charge is 2.00 e. The maximum absolute atomic E-state index is 4.16. The van der Waals surface area contributed by atoms with E-state index in [2.05, 4.69) is 163 Å². The molecule has 0 aliphatic carbocycles. The Balaban J connectivity index is 0.000000195. The molecular formula is C51H59N5YYb-2. The first kappa shape index (κ1) is 49.3. The number of anilines is 3. The summed E-state index contributed by atoms with van der Waals surface area (Å²) >= 11 is 0. The fourth-order valence-corrected chi connectivity index (χ4v) is 7.40. The van der Waals surface area contributed by atoms with Crippen LogP contribution in [-0.2, 0) is 65.1 Å². The van der Waals surface area contributed by atoms with E-state index in [1.165, 1.54) is 69.8 Å². The zero-order chi connectivity index (χ0) is 39.7. The third-order valence-corrected chi connectivity index (χ3v) is 10.3. The van der Waals surface area contributed by atoms with Crippen LogP contribution in [0.3, 0.4) is 0 Å². The molecule has 3 aliphatic heterocycles. The van der Waals surface area contributed by atoms with Crippen LogP contribution in [0.25, 0.3) is 10.6 Å². The van der Waals surface area contributed by atoms with Crippen LogP contribution in [0, 0.1) is 60.8 Å². The molecule has 6 aromatic carbocycles. The predicted molar refractivity (Wildman–Crippen MR) is 242 cm³/mol. The quantitative estimate of drug-likeness (QED) is 0.165. The summed E-state index contributed by atoms with van der Waals surface area (Å²) in [6, 6.07) is 50.5. The first-order chi connectivity index (χ1) is 27.3. The number of benzene rings is 6. The third kappa shape index (κ3) is 14.3. The Kier molecular flexibility index (Phi) is 22.3. The molecule has 0 aromatic heterocycles. The van der Waals surface area contributed by atoms with Gasteiger partial charge in [0.25, 0.3) is 0 Å². The van der Waals surface area contributed by atoms with Crippen molar-refractivity contribution in [2.75, 3.05) is 51.6 Å². The van der Waals surface area contributed by atoms with Gasteiger partial charge in [-0.1, -0.05) is 121 Å². The number of hydrogen-bond acceptors (Lipinski definition) is 3. The monoisotopic (exact) mass is 1000 g/mol. The standard InChI is InChI=1S/C14H13N.2C10H13N.C9H11N.C8H9N.Y.Yb/c1-15-13-8-4-2-6-11(13)10-12-7-3-5-9-14(12)15;1-11-8-4-6-9-5-2-3-7-10(9)11;1-3-6-9-7-4-5-8-10(9)11-2;1-10-6-8-4-2-3-5-9(8)7-10;1-7-5-3-4-6-8(7)9-2;;/h2-9H,10H2,1H3;2-3,5,7H,4,6,8H2,1H3;4-5,7-8H,1,3,6H2,2H3;2-5H,6-7H2,1H3;3-6H,1H2,2H3;;/q;;-2;;-2;;+2. The predicted octanol–water partition coefficient (Wildman–Crippen LogP) is 12.6. The van der Waals surface area contributed by atoms with E-state index in [0.29, 0.717) is 0 Å². The minimum absolute atomic E-state index is 0. The molecule has 0 fully saturated rings. The third-order valence-electron chi connectivity index (χ3n) is 10.3. The molecule has 1 radical (unpaired) electrons. The molecule has 0 saturated heterocycles. The van der Waals surface area contributed by atoms with Crippen LogP contribution in [-0.4, -0.2) is 46.7 Å². The summed E-state index contributed by atoms with van der Waals surface area (Å²) < 4.78 is 0. The summed E-state index contributed by atoms with van der Waals surface area (Å²) in [4.78, 5) is 6.93. The molecule has 9 rings (SSSR count). The molecule has 0 unspecified atom stereocenters. The molecule has 0 saturated carbocycles. The van der Waals surface area contributed by atoms with Gasteiger partial charge in [0.1, 0.15) is 0 Å². The van der Waals surface area contributed by atoms with Crippen molar-refractivity contribution < 1.29 is 79.6 Å². The van der Waals surface area contributed by atoms with Crippen LogP contribution in [0.4, 0.5) is 28.4 Å². The zero-order valence-corrected chi connectivity index (χ0v) is 39.6. The van der Waals surface area contributed by atoms with Gasteiger partial charge in [-0.25, -0.2) is 12.5 Å². The van der Waals surface area contributed by atoms with Crippen LogP contribution in [0.1, 0.15) is 51.8 Å². The maximum Gasteiger partial charge on any atom is 2.00 e. The normalized spacial score (nSPS) is 12.7. The second-order valence-electron chi connectivity index (χ2n) is 14.4. The van der Waals surface area contributed by atoms with Crippen LogP contribution < -0.4 is 9.80 Å². The Morgan fingerprint density at radius 3 is 1.50 bits per heavy atom. The maximum atomic E-state index is 4.16. The van der Waals surface area contributed by atoms with E-state index in [0.717, 1.165) is 49.3 Å². The van der Waals surface area contributed by atoms with Crippen LogP contribution in [0.15, 0.2) is 146 Å². The van der Waals surface area contributed by atoms with Gasteiger partial charge in [-0.15, -0.1) is 24.9 Å². The van der Waals surface area contributed by atoms with Crippen molar-refractivity contribution in [1.29, 1.82) is 0 Å². The minimum Gasteiger partial charge on any atom is -0.745 e.